The second-order valence-electron chi connectivity index (χ2n) is 5.06. The van der Waals surface area contributed by atoms with Crippen molar-refractivity contribution in [1.29, 1.82) is 0 Å². The molecule has 0 spiro atoms. The van der Waals surface area contributed by atoms with Crippen molar-refractivity contribution >= 4 is 5.82 Å². The van der Waals surface area contributed by atoms with E-state index in [1.807, 2.05) is 6.07 Å². The van der Waals surface area contributed by atoms with E-state index in [2.05, 4.69) is 4.98 Å². The molecule has 98 valence electrons. The van der Waals surface area contributed by atoms with Gasteiger partial charge in [0.25, 0.3) is 0 Å². The Morgan fingerprint density at radius 1 is 1.37 bits per heavy atom. The Kier molecular flexibility index (Phi) is 2.75. The number of anilines is 1. The molecule has 2 aromatic rings. The molecular formula is C15H15FN2O. The molecule has 0 bridgehead atoms. The second-order valence-corrected chi connectivity index (χ2v) is 5.06. The maximum absolute atomic E-state index is 13.2. The topological polar surface area (TPSA) is 59.1 Å². The highest BCUT2D eigenvalue weighted by Gasteiger charge is 2.37. The van der Waals surface area contributed by atoms with Crippen LogP contribution in [0.2, 0.25) is 0 Å². The van der Waals surface area contributed by atoms with Crippen LogP contribution < -0.4 is 5.73 Å². The SMILES string of the molecule is Nc1ncccc1CC1(O)CCc2cc(F)ccc21. The van der Waals surface area contributed by atoms with Crippen LogP contribution in [-0.4, -0.2) is 10.1 Å². The standard InChI is InChI=1S/C15H15FN2O/c16-12-3-4-13-10(8-12)5-6-15(13,19)9-11-2-1-7-18-14(11)17/h1-4,7-8,19H,5-6,9H2,(H2,17,18). The zero-order valence-electron chi connectivity index (χ0n) is 10.4. The summed E-state index contributed by atoms with van der Waals surface area (Å²) in [6.07, 6.45) is 3.30. The van der Waals surface area contributed by atoms with Crippen LogP contribution in [0.1, 0.15) is 23.1 Å². The largest absolute Gasteiger partial charge is 0.385 e. The first kappa shape index (κ1) is 12.1. The van der Waals surface area contributed by atoms with Crippen molar-refractivity contribution in [3.63, 3.8) is 0 Å². The summed E-state index contributed by atoms with van der Waals surface area (Å²) in [6.45, 7) is 0. The van der Waals surface area contributed by atoms with Crippen LogP contribution in [0.25, 0.3) is 0 Å². The molecule has 0 aliphatic heterocycles. The molecule has 1 atom stereocenters. The molecule has 1 aliphatic rings. The van der Waals surface area contributed by atoms with Gasteiger partial charge in [-0.05, 0) is 47.7 Å². The van der Waals surface area contributed by atoms with Gasteiger partial charge in [-0.25, -0.2) is 9.37 Å². The number of fused-ring (bicyclic) bond motifs is 1. The molecule has 3 rings (SSSR count). The zero-order valence-corrected chi connectivity index (χ0v) is 10.4. The van der Waals surface area contributed by atoms with Crippen molar-refractivity contribution in [3.8, 4) is 0 Å². The first-order chi connectivity index (χ1) is 9.08. The van der Waals surface area contributed by atoms with Gasteiger partial charge in [0.1, 0.15) is 11.6 Å². The quantitative estimate of drug-likeness (QED) is 0.868. The van der Waals surface area contributed by atoms with E-state index in [-0.39, 0.29) is 5.82 Å². The molecule has 1 aromatic heterocycles. The predicted molar refractivity (Wildman–Crippen MR) is 71.0 cm³/mol. The lowest BCUT2D eigenvalue weighted by Crippen LogP contribution is -2.26. The third-order valence-electron chi connectivity index (χ3n) is 3.79. The zero-order chi connectivity index (χ0) is 13.5. The fourth-order valence-electron chi connectivity index (χ4n) is 2.80. The van der Waals surface area contributed by atoms with Crippen molar-refractivity contribution in [3.05, 3.63) is 59.0 Å². The number of nitrogen functional groups attached to an aromatic ring is 1. The minimum atomic E-state index is -0.972. The number of aromatic nitrogens is 1. The molecule has 4 heteroatoms. The second kappa shape index (κ2) is 4.31. The van der Waals surface area contributed by atoms with Crippen molar-refractivity contribution in [1.82, 2.24) is 4.98 Å². The molecule has 0 amide bonds. The number of rotatable bonds is 2. The Labute approximate surface area is 110 Å². The van der Waals surface area contributed by atoms with Crippen LogP contribution >= 0.6 is 0 Å². The fraction of sp³-hybridized carbons (Fsp3) is 0.267. The summed E-state index contributed by atoms with van der Waals surface area (Å²) in [7, 11) is 0. The summed E-state index contributed by atoms with van der Waals surface area (Å²) in [4.78, 5) is 4.03. The van der Waals surface area contributed by atoms with Crippen molar-refractivity contribution in [2.45, 2.75) is 24.9 Å². The maximum atomic E-state index is 13.2. The first-order valence-corrected chi connectivity index (χ1v) is 6.29. The number of aryl methyl sites for hydroxylation is 1. The molecule has 19 heavy (non-hydrogen) atoms. The average molecular weight is 258 g/mol. The highest BCUT2D eigenvalue weighted by Crippen LogP contribution is 2.40. The summed E-state index contributed by atoms with van der Waals surface area (Å²) in [5, 5.41) is 10.8. The minimum absolute atomic E-state index is 0.260. The van der Waals surface area contributed by atoms with Crippen molar-refractivity contribution in [2.24, 2.45) is 0 Å². The van der Waals surface area contributed by atoms with Crippen LogP contribution in [0.5, 0.6) is 0 Å². The number of benzene rings is 1. The third kappa shape index (κ3) is 2.08. The Morgan fingerprint density at radius 3 is 3.00 bits per heavy atom. The van der Waals surface area contributed by atoms with Gasteiger partial charge in [-0.3, -0.25) is 0 Å². The van der Waals surface area contributed by atoms with Gasteiger partial charge >= 0.3 is 0 Å². The maximum Gasteiger partial charge on any atom is 0.126 e. The van der Waals surface area contributed by atoms with E-state index in [1.165, 1.54) is 12.1 Å². The van der Waals surface area contributed by atoms with Gasteiger partial charge in [-0.2, -0.15) is 0 Å². The van der Waals surface area contributed by atoms with Gasteiger partial charge in [0.15, 0.2) is 0 Å². The molecule has 3 N–H and O–H groups in total. The van der Waals surface area contributed by atoms with Crippen LogP contribution in [0, 0.1) is 5.82 Å². The lowest BCUT2D eigenvalue weighted by Gasteiger charge is -2.24. The van der Waals surface area contributed by atoms with Gasteiger partial charge in [-0.1, -0.05) is 12.1 Å². The molecule has 1 aromatic carbocycles. The number of halogens is 1. The van der Waals surface area contributed by atoms with Crippen LogP contribution in [0.3, 0.4) is 0 Å². The predicted octanol–water partition coefficient (Wildman–Crippen LogP) is 2.18. The molecule has 1 aliphatic carbocycles. The van der Waals surface area contributed by atoms with Crippen molar-refractivity contribution in [2.75, 3.05) is 5.73 Å². The van der Waals surface area contributed by atoms with E-state index in [0.29, 0.717) is 25.1 Å². The molecule has 0 saturated carbocycles. The number of nitrogens with two attached hydrogens (primary N) is 1. The molecule has 3 nitrogen and oxygen atoms in total. The monoisotopic (exact) mass is 258 g/mol. The van der Waals surface area contributed by atoms with Crippen molar-refractivity contribution < 1.29 is 9.50 Å². The number of hydrogen-bond donors (Lipinski definition) is 2. The van der Waals surface area contributed by atoms with E-state index in [0.717, 1.165) is 16.7 Å². The smallest absolute Gasteiger partial charge is 0.126 e. The number of nitrogens with zero attached hydrogens (tertiary/aromatic N) is 1. The average Bonchev–Trinajstić information content (AvgIpc) is 2.70. The fourth-order valence-corrected chi connectivity index (χ4v) is 2.80. The Bertz CT molecular complexity index is 629. The summed E-state index contributed by atoms with van der Waals surface area (Å²) in [6, 6.07) is 8.23. The molecule has 0 saturated heterocycles. The number of hydrogen-bond acceptors (Lipinski definition) is 3. The van der Waals surface area contributed by atoms with Crippen LogP contribution in [0.15, 0.2) is 36.5 Å². The lowest BCUT2D eigenvalue weighted by molar-refractivity contribution is 0.0390. The summed E-state index contributed by atoms with van der Waals surface area (Å²) >= 11 is 0. The van der Waals surface area contributed by atoms with Gasteiger partial charge in [-0.15, -0.1) is 0 Å². The van der Waals surface area contributed by atoms with Crippen LogP contribution in [0.4, 0.5) is 10.2 Å². The first-order valence-electron chi connectivity index (χ1n) is 6.29. The number of aliphatic hydroxyl groups is 1. The Morgan fingerprint density at radius 2 is 2.21 bits per heavy atom. The molecule has 0 fully saturated rings. The summed E-state index contributed by atoms with van der Waals surface area (Å²) in [5.74, 6) is 0.176. The van der Waals surface area contributed by atoms with E-state index in [9.17, 15) is 9.50 Å². The summed E-state index contributed by atoms with van der Waals surface area (Å²) < 4.78 is 13.2. The van der Waals surface area contributed by atoms with Crippen LogP contribution in [-0.2, 0) is 18.4 Å². The van der Waals surface area contributed by atoms with Gasteiger partial charge in [0.2, 0.25) is 0 Å². The Balaban J connectivity index is 1.97. The summed E-state index contributed by atoms with van der Waals surface area (Å²) in [5.41, 5.74) is 7.35. The molecule has 0 radical (unpaired) electrons. The third-order valence-corrected chi connectivity index (χ3v) is 3.79. The molecule has 1 unspecified atom stereocenters. The highest BCUT2D eigenvalue weighted by molar-refractivity contribution is 5.44. The molecular weight excluding hydrogens is 243 g/mol. The van der Waals surface area contributed by atoms with E-state index in [1.54, 1.807) is 18.3 Å². The highest BCUT2D eigenvalue weighted by atomic mass is 19.1. The van der Waals surface area contributed by atoms with Gasteiger partial charge in [0, 0.05) is 12.6 Å². The minimum Gasteiger partial charge on any atom is -0.385 e. The Hall–Kier alpha value is -1.94. The van der Waals surface area contributed by atoms with E-state index in [4.69, 9.17) is 5.73 Å². The van der Waals surface area contributed by atoms with Gasteiger partial charge in [0.05, 0.1) is 5.60 Å². The molecule has 1 heterocycles. The number of pyridine rings is 1. The van der Waals surface area contributed by atoms with E-state index < -0.39 is 5.60 Å². The van der Waals surface area contributed by atoms with E-state index >= 15 is 0 Å². The lowest BCUT2D eigenvalue weighted by atomic mass is 9.89. The van der Waals surface area contributed by atoms with Gasteiger partial charge < -0.3 is 10.8 Å². The normalized spacial score (nSPS) is 21.4.